The van der Waals surface area contributed by atoms with E-state index in [0.717, 1.165) is 6.42 Å². The first-order valence-electron chi connectivity index (χ1n) is 6.76. The predicted octanol–water partition coefficient (Wildman–Crippen LogP) is 0.508. The van der Waals surface area contributed by atoms with Crippen LogP contribution in [0.4, 0.5) is 0 Å². The van der Waals surface area contributed by atoms with Crippen molar-refractivity contribution in [2.75, 3.05) is 25.5 Å². The van der Waals surface area contributed by atoms with E-state index in [4.69, 9.17) is 4.74 Å². The van der Waals surface area contributed by atoms with E-state index in [0.29, 0.717) is 37.2 Å². The average molecular weight is 297 g/mol. The van der Waals surface area contributed by atoms with Gasteiger partial charge in [0.25, 0.3) is 5.56 Å². The Morgan fingerprint density at radius 1 is 1.65 bits per heavy atom. The Balaban J connectivity index is 1.84. The molecule has 0 aromatic carbocycles. The number of fused-ring (bicyclic) bond motifs is 1. The van der Waals surface area contributed by atoms with Gasteiger partial charge in [-0.15, -0.1) is 0 Å². The smallest absolute Gasteiger partial charge is 0.254 e. The molecule has 0 radical (unpaired) electrons. The molecule has 20 heavy (non-hydrogen) atoms. The molecule has 1 aliphatic rings. The summed E-state index contributed by atoms with van der Waals surface area (Å²) < 4.78 is 6.78. The second kappa shape index (κ2) is 7.44. The maximum absolute atomic E-state index is 12.1. The summed E-state index contributed by atoms with van der Waals surface area (Å²) in [7, 11) is 0. The number of thioether (sulfide) groups is 1. The molecular formula is C13H19N3O3S. The Bertz CT molecular complexity index is 518. The third kappa shape index (κ3) is 3.83. The van der Waals surface area contributed by atoms with Crippen molar-refractivity contribution >= 4 is 17.7 Å². The van der Waals surface area contributed by atoms with Crippen LogP contribution in [0.2, 0.25) is 0 Å². The number of hydrogen-bond acceptors (Lipinski definition) is 5. The van der Waals surface area contributed by atoms with Crippen LogP contribution < -0.4 is 10.9 Å². The van der Waals surface area contributed by atoms with Gasteiger partial charge in [0.05, 0.1) is 5.92 Å². The number of ether oxygens (including phenoxy) is 1. The number of amides is 1. The maximum atomic E-state index is 12.1. The maximum Gasteiger partial charge on any atom is 0.254 e. The summed E-state index contributed by atoms with van der Waals surface area (Å²) in [5.41, 5.74) is -0.101. The van der Waals surface area contributed by atoms with Crippen LogP contribution in [0.15, 0.2) is 22.2 Å². The highest BCUT2D eigenvalue weighted by Crippen LogP contribution is 2.24. The second-order valence-corrected chi connectivity index (χ2v) is 5.51. The molecule has 1 unspecified atom stereocenters. The topological polar surface area (TPSA) is 73.2 Å². The molecule has 1 atom stereocenters. The number of carbonyl (C=O) groups excluding carboxylic acids is 1. The standard InChI is InChI=1S/C13H19N3O3S/c1-2-19-7-3-5-14-12(18)10-8-16-11(17)4-6-15-13(16)20-9-10/h4,6,10H,2-3,5,7-9H2,1H3,(H,14,18). The van der Waals surface area contributed by atoms with E-state index < -0.39 is 0 Å². The van der Waals surface area contributed by atoms with E-state index in [-0.39, 0.29) is 17.4 Å². The molecule has 7 heteroatoms. The van der Waals surface area contributed by atoms with E-state index in [2.05, 4.69) is 10.3 Å². The first kappa shape index (κ1) is 15.1. The highest BCUT2D eigenvalue weighted by molar-refractivity contribution is 7.99. The lowest BCUT2D eigenvalue weighted by atomic mass is 10.1. The number of nitrogens with one attached hydrogen (secondary N) is 1. The monoisotopic (exact) mass is 297 g/mol. The molecule has 0 aliphatic carbocycles. The van der Waals surface area contributed by atoms with Gasteiger partial charge in [0.1, 0.15) is 0 Å². The molecule has 1 aliphatic heterocycles. The molecule has 1 amide bonds. The number of carbonyl (C=O) groups is 1. The molecule has 0 saturated carbocycles. The van der Waals surface area contributed by atoms with Crippen molar-refractivity contribution in [3.05, 3.63) is 22.6 Å². The molecular weight excluding hydrogens is 278 g/mol. The molecule has 0 spiro atoms. The zero-order valence-corrected chi connectivity index (χ0v) is 12.3. The minimum Gasteiger partial charge on any atom is -0.382 e. The van der Waals surface area contributed by atoms with Crippen LogP contribution in [0.25, 0.3) is 0 Å². The van der Waals surface area contributed by atoms with Gasteiger partial charge in [-0.25, -0.2) is 4.98 Å². The van der Waals surface area contributed by atoms with Gasteiger partial charge in [-0.3, -0.25) is 14.2 Å². The first-order chi connectivity index (χ1) is 9.72. The van der Waals surface area contributed by atoms with Crippen molar-refractivity contribution in [2.24, 2.45) is 5.92 Å². The molecule has 1 aromatic heterocycles. The average Bonchev–Trinajstić information content (AvgIpc) is 2.47. The number of rotatable bonds is 6. The summed E-state index contributed by atoms with van der Waals surface area (Å²) in [6, 6.07) is 1.42. The Morgan fingerprint density at radius 3 is 3.30 bits per heavy atom. The molecule has 0 fully saturated rings. The van der Waals surface area contributed by atoms with Crippen molar-refractivity contribution in [3.8, 4) is 0 Å². The summed E-state index contributed by atoms with van der Waals surface area (Å²) in [6.07, 6.45) is 2.31. The fraction of sp³-hybridized carbons (Fsp3) is 0.615. The molecule has 110 valence electrons. The minimum absolute atomic E-state index is 0.00426. The Labute approximate surface area is 121 Å². The summed E-state index contributed by atoms with van der Waals surface area (Å²) in [5.74, 6) is 0.477. The summed E-state index contributed by atoms with van der Waals surface area (Å²) in [5, 5.41) is 3.59. The van der Waals surface area contributed by atoms with Crippen LogP contribution in [0, 0.1) is 5.92 Å². The number of hydrogen-bond donors (Lipinski definition) is 1. The van der Waals surface area contributed by atoms with Crippen LogP contribution in [-0.2, 0) is 16.1 Å². The Kier molecular flexibility index (Phi) is 5.60. The molecule has 0 saturated heterocycles. The van der Waals surface area contributed by atoms with E-state index in [1.807, 2.05) is 6.92 Å². The third-order valence-corrected chi connectivity index (χ3v) is 4.21. The van der Waals surface area contributed by atoms with Crippen LogP contribution in [0.3, 0.4) is 0 Å². The van der Waals surface area contributed by atoms with Crippen LogP contribution in [-0.4, -0.2) is 41.0 Å². The first-order valence-corrected chi connectivity index (χ1v) is 7.75. The van der Waals surface area contributed by atoms with Crippen molar-refractivity contribution in [2.45, 2.75) is 25.0 Å². The number of nitrogens with zero attached hydrogens (tertiary/aromatic N) is 2. The van der Waals surface area contributed by atoms with E-state index in [1.54, 1.807) is 4.57 Å². The molecule has 6 nitrogen and oxygen atoms in total. The number of aromatic nitrogens is 2. The summed E-state index contributed by atoms with van der Waals surface area (Å²) in [6.45, 7) is 4.31. The molecule has 2 heterocycles. The highest BCUT2D eigenvalue weighted by Gasteiger charge is 2.25. The van der Waals surface area contributed by atoms with Gasteiger partial charge < -0.3 is 10.1 Å². The van der Waals surface area contributed by atoms with E-state index >= 15 is 0 Å². The van der Waals surface area contributed by atoms with Gasteiger partial charge in [-0.05, 0) is 13.3 Å². The molecule has 2 rings (SSSR count). The van der Waals surface area contributed by atoms with Crippen molar-refractivity contribution < 1.29 is 9.53 Å². The van der Waals surface area contributed by atoms with Gasteiger partial charge in [-0.1, -0.05) is 11.8 Å². The van der Waals surface area contributed by atoms with E-state index in [9.17, 15) is 9.59 Å². The Hall–Kier alpha value is -1.34. The van der Waals surface area contributed by atoms with Gasteiger partial charge in [0.2, 0.25) is 5.91 Å². The van der Waals surface area contributed by atoms with Crippen molar-refractivity contribution in [3.63, 3.8) is 0 Å². The zero-order chi connectivity index (χ0) is 14.4. The second-order valence-electron chi connectivity index (χ2n) is 4.53. The van der Waals surface area contributed by atoms with Crippen molar-refractivity contribution in [1.29, 1.82) is 0 Å². The lowest BCUT2D eigenvalue weighted by Crippen LogP contribution is -2.40. The quantitative estimate of drug-likeness (QED) is 0.612. The van der Waals surface area contributed by atoms with Gasteiger partial charge in [0, 0.05) is 44.3 Å². The lowest BCUT2D eigenvalue weighted by molar-refractivity contribution is -0.124. The predicted molar refractivity (Wildman–Crippen MR) is 76.8 cm³/mol. The molecule has 1 aromatic rings. The normalized spacial score (nSPS) is 17.6. The van der Waals surface area contributed by atoms with Gasteiger partial charge in [-0.2, -0.15) is 0 Å². The summed E-state index contributed by atoms with van der Waals surface area (Å²) in [4.78, 5) is 27.9. The minimum atomic E-state index is -0.179. The van der Waals surface area contributed by atoms with Crippen LogP contribution in [0.1, 0.15) is 13.3 Å². The molecule has 1 N–H and O–H groups in total. The van der Waals surface area contributed by atoms with Gasteiger partial charge in [0.15, 0.2) is 5.16 Å². The molecule has 0 bridgehead atoms. The lowest BCUT2D eigenvalue weighted by Gasteiger charge is -2.23. The Morgan fingerprint density at radius 2 is 2.50 bits per heavy atom. The summed E-state index contributed by atoms with van der Waals surface area (Å²) >= 11 is 1.45. The highest BCUT2D eigenvalue weighted by atomic mass is 32.2. The fourth-order valence-electron chi connectivity index (χ4n) is 1.98. The fourth-order valence-corrected chi connectivity index (χ4v) is 3.05. The third-order valence-electron chi connectivity index (χ3n) is 3.06. The van der Waals surface area contributed by atoms with Crippen molar-refractivity contribution in [1.82, 2.24) is 14.9 Å². The largest absolute Gasteiger partial charge is 0.382 e. The van der Waals surface area contributed by atoms with Gasteiger partial charge >= 0.3 is 0 Å². The van der Waals surface area contributed by atoms with E-state index in [1.165, 1.54) is 24.0 Å². The van der Waals surface area contributed by atoms with Crippen LogP contribution >= 0.6 is 11.8 Å². The SMILES string of the molecule is CCOCCCNC(=O)C1CSc2nccc(=O)n2C1. The van der Waals surface area contributed by atoms with Crippen LogP contribution in [0.5, 0.6) is 0 Å². The zero-order valence-electron chi connectivity index (χ0n) is 11.5.